The molecule has 0 atom stereocenters. The van der Waals surface area contributed by atoms with Gasteiger partial charge in [0.1, 0.15) is 6.67 Å². The van der Waals surface area contributed by atoms with E-state index >= 15 is 0 Å². The van der Waals surface area contributed by atoms with E-state index in [4.69, 9.17) is 4.74 Å². The van der Waals surface area contributed by atoms with Gasteiger partial charge in [0.05, 0.1) is 12.7 Å². The molecule has 1 saturated carbocycles. The van der Waals surface area contributed by atoms with Crippen LogP contribution in [0.5, 0.6) is 0 Å². The lowest BCUT2D eigenvalue weighted by atomic mass is 9.82. The predicted octanol–water partition coefficient (Wildman–Crippen LogP) is 0.970. The van der Waals surface area contributed by atoms with E-state index in [1.807, 2.05) is 7.05 Å². The van der Waals surface area contributed by atoms with E-state index in [0.717, 1.165) is 25.3 Å². The third kappa shape index (κ3) is 2.75. The van der Waals surface area contributed by atoms with Gasteiger partial charge in [0.2, 0.25) is 0 Å². The highest BCUT2D eigenvalue weighted by Crippen LogP contribution is 2.29. The fraction of sp³-hybridized carbons (Fsp3) is 1.00. The molecule has 3 heteroatoms. The molecule has 1 aliphatic rings. The molecule has 0 radical (unpaired) electrons. The summed E-state index contributed by atoms with van der Waals surface area (Å²) in [7, 11) is 1.95. The number of hydrogen-bond donors (Lipinski definition) is 1. The van der Waals surface area contributed by atoms with Gasteiger partial charge in [0, 0.05) is 0 Å². The van der Waals surface area contributed by atoms with Crippen LogP contribution in [-0.2, 0) is 4.74 Å². The van der Waals surface area contributed by atoms with Crippen molar-refractivity contribution in [2.45, 2.75) is 18.9 Å². The van der Waals surface area contributed by atoms with Gasteiger partial charge in [-0.3, -0.25) is 0 Å². The Labute approximate surface area is 67.1 Å². The highest BCUT2D eigenvalue weighted by molar-refractivity contribution is 4.81. The van der Waals surface area contributed by atoms with E-state index in [1.165, 1.54) is 0 Å². The maximum atomic E-state index is 11.6. The van der Waals surface area contributed by atoms with Crippen molar-refractivity contribution in [2.75, 3.05) is 26.9 Å². The van der Waals surface area contributed by atoms with Crippen molar-refractivity contribution in [2.24, 2.45) is 5.92 Å². The Kier molecular flexibility index (Phi) is 3.80. The van der Waals surface area contributed by atoms with Crippen LogP contribution in [0.1, 0.15) is 12.8 Å². The lowest BCUT2D eigenvalue weighted by Gasteiger charge is -2.34. The molecule has 1 fully saturated rings. The van der Waals surface area contributed by atoms with Crippen molar-refractivity contribution < 1.29 is 9.13 Å². The molecule has 1 aliphatic carbocycles. The summed E-state index contributed by atoms with van der Waals surface area (Å²) in [5.74, 6) is 0.754. The van der Waals surface area contributed by atoms with Crippen molar-refractivity contribution >= 4 is 0 Å². The summed E-state index contributed by atoms with van der Waals surface area (Å²) in [5, 5.41) is 3.12. The van der Waals surface area contributed by atoms with Gasteiger partial charge in [-0.05, 0) is 32.4 Å². The van der Waals surface area contributed by atoms with Crippen LogP contribution >= 0.6 is 0 Å². The quantitative estimate of drug-likeness (QED) is 0.648. The van der Waals surface area contributed by atoms with E-state index in [2.05, 4.69) is 5.32 Å². The van der Waals surface area contributed by atoms with Crippen molar-refractivity contribution in [3.63, 3.8) is 0 Å². The lowest BCUT2D eigenvalue weighted by molar-refractivity contribution is -0.0336. The standard InChI is InChI=1S/C8H16FNO/c1-10-6-7-4-8(5-7)11-3-2-9/h7-8,10H,2-6H2,1H3. The molecule has 66 valence electrons. The first-order valence-electron chi connectivity index (χ1n) is 4.19. The minimum atomic E-state index is -0.354. The lowest BCUT2D eigenvalue weighted by Crippen LogP contribution is -2.37. The summed E-state index contributed by atoms with van der Waals surface area (Å²) in [6, 6.07) is 0. The van der Waals surface area contributed by atoms with Crippen molar-refractivity contribution in [3.05, 3.63) is 0 Å². The predicted molar refractivity (Wildman–Crippen MR) is 42.4 cm³/mol. The van der Waals surface area contributed by atoms with Gasteiger partial charge in [0.25, 0.3) is 0 Å². The van der Waals surface area contributed by atoms with Crippen LogP contribution in [0, 0.1) is 5.92 Å². The highest BCUT2D eigenvalue weighted by Gasteiger charge is 2.28. The Morgan fingerprint density at radius 3 is 2.82 bits per heavy atom. The molecule has 0 bridgehead atoms. The molecule has 0 aliphatic heterocycles. The second kappa shape index (κ2) is 4.67. The van der Waals surface area contributed by atoms with Crippen molar-refractivity contribution in [1.29, 1.82) is 0 Å². The maximum absolute atomic E-state index is 11.6. The number of rotatable bonds is 5. The molecule has 11 heavy (non-hydrogen) atoms. The minimum Gasteiger partial charge on any atom is -0.375 e. The van der Waals surface area contributed by atoms with Gasteiger partial charge in [-0.25, -0.2) is 4.39 Å². The fourth-order valence-electron chi connectivity index (χ4n) is 1.48. The smallest absolute Gasteiger partial charge is 0.113 e. The molecule has 0 aromatic carbocycles. The van der Waals surface area contributed by atoms with Crippen LogP contribution < -0.4 is 5.32 Å². The average Bonchev–Trinajstić information content (AvgIpc) is 1.94. The Morgan fingerprint density at radius 1 is 1.55 bits per heavy atom. The maximum Gasteiger partial charge on any atom is 0.113 e. The zero-order valence-corrected chi connectivity index (χ0v) is 6.98. The van der Waals surface area contributed by atoms with Crippen LogP contribution in [0.25, 0.3) is 0 Å². The van der Waals surface area contributed by atoms with E-state index in [-0.39, 0.29) is 13.3 Å². The zero-order valence-electron chi connectivity index (χ0n) is 6.98. The third-order valence-corrected chi connectivity index (χ3v) is 2.12. The third-order valence-electron chi connectivity index (χ3n) is 2.12. The summed E-state index contributed by atoms with van der Waals surface area (Å²) in [6.45, 7) is 0.986. The summed E-state index contributed by atoms with van der Waals surface area (Å²) in [5.41, 5.74) is 0. The first-order valence-corrected chi connectivity index (χ1v) is 4.19. The first kappa shape index (κ1) is 8.94. The molecule has 0 aromatic rings. The second-order valence-corrected chi connectivity index (χ2v) is 3.08. The van der Waals surface area contributed by atoms with Crippen molar-refractivity contribution in [3.8, 4) is 0 Å². The normalized spacial score (nSPS) is 30.0. The fourth-order valence-corrected chi connectivity index (χ4v) is 1.48. The van der Waals surface area contributed by atoms with Crippen LogP contribution in [0.4, 0.5) is 4.39 Å². The number of ether oxygens (including phenoxy) is 1. The molecular formula is C8H16FNO. The summed E-state index contributed by atoms with van der Waals surface area (Å²) < 4.78 is 16.8. The molecule has 2 nitrogen and oxygen atoms in total. The summed E-state index contributed by atoms with van der Waals surface area (Å²) in [4.78, 5) is 0. The SMILES string of the molecule is CNCC1CC(OCCF)C1. The second-order valence-electron chi connectivity index (χ2n) is 3.08. The molecule has 0 amide bonds. The molecule has 0 heterocycles. The van der Waals surface area contributed by atoms with Gasteiger partial charge in [-0.2, -0.15) is 0 Å². The van der Waals surface area contributed by atoms with E-state index in [1.54, 1.807) is 0 Å². The van der Waals surface area contributed by atoms with Gasteiger partial charge >= 0.3 is 0 Å². The molecule has 0 unspecified atom stereocenters. The van der Waals surface area contributed by atoms with E-state index in [9.17, 15) is 4.39 Å². The van der Waals surface area contributed by atoms with Crippen LogP contribution in [0.15, 0.2) is 0 Å². The Morgan fingerprint density at radius 2 is 2.27 bits per heavy atom. The Bertz CT molecular complexity index is 104. The average molecular weight is 161 g/mol. The van der Waals surface area contributed by atoms with Gasteiger partial charge in [-0.1, -0.05) is 0 Å². The summed E-state index contributed by atoms with van der Waals surface area (Å²) in [6.07, 6.45) is 2.53. The largest absolute Gasteiger partial charge is 0.375 e. The van der Waals surface area contributed by atoms with Gasteiger partial charge in [-0.15, -0.1) is 0 Å². The minimum absolute atomic E-state index is 0.275. The van der Waals surface area contributed by atoms with Crippen LogP contribution in [0.3, 0.4) is 0 Å². The van der Waals surface area contributed by atoms with Gasteiger partial charge < -0.3 is 10.1 Å². The molecule has 0 aromatic heterocycles. The molecular weight excluding hydrogens is 145 g/mol. The monoisotopic (exact) mass is 161 g/mol. The highest BCUT2D eigenvalue weighted by atomic mass is 19.1. The number of nitrogens with one attached hydrogen (secondary N) is 1. The first-order chi connectivity index (χ1) is 5.36. The molecule has 0 saturated heterocycles. The number of halogens is 1. The van der Waals surface area contributed by atoms with Crippen LogP contribution in [0.2, 0.25) is 0 Å². The van der Waals surface area contributed by atoms with Crippen LogP contribution in [-0.4, -0.2) is 33.0 Å². The number of hydrogen-bond acceptors (Lipinski definition) is 2. The zero-order chi connectivity index (χ0) is 8.10. The van der Waals surface area contributed by atoms with E-state index in [0.29, 0.717) is 6.10 Å². The summed E-state index contributed by atoms with van der Waals surface area (Å²) >= 11 is 0. The Hall–Kier alpha value is -0.150. The topological polar surface area (TPSA) is 21.3 Å². The molecule has 1 N–H and O–H groups in total. The molecule has 1 rings (SSSR count). The number of alkyl halides is 1. The van der Waals surface area contributed by atoms with E-state index < -0.39 is 0 Å². The molecule has 0 spiro atoms. The van der Waals surface area contributed by atoms with Gasteiger partial charge in [0.15, 0.2) is 0 Å². The van der Waals surface area contributed by atoms with Crippen molar-refractivity contribution in [1.82, 2.24) is 5.32 Å². The Balaban J connectivity index is 1.92.